The van der Waals surface area contributed by atoms with Crippen molar-refractivity contribution in [3.8, 4) is 0 Å². The normalized spacial score (nSPS) is 23.7. The molecule has 0 spiro atoms. The topological polar surface area (TPSA) is 49.4 Å². The van der Waals surface area contributed by atoms with Crippen molar-refractivity contribution in [1.29, 1.82) is 0 Å². The van der Waals surface area contributed by atoms with E-state index in [1.165, 1.54) is 16.3 Å². The van der Waals surface area contributed by atoms with Gasteiger partial charge in [-0.05, 0) is 42.0 Å². The fourth-order valence-corrected chi connectivity index (χ4v) is 4.24. The minimum atomic E-state index is -0.0502. The van der Waals surface area contributed by atoms with Crippen LogP contribution in [0.5, 0.6) is 0 Å². The van der Waals surface area contributed by atoms with Crippen LogP contribution in [-0.2, 0) is 16.0 Å². The number of piperidine rings is 1. The summed E-state index contributed by atoms with van der Waals surface area (Å²) in [6, 6.07) is 15.2. The first kappa shape index (κ1) is 16.1. The number of benzene rings is 2. The van der Waals surface area contributed by atoms with Crippen LogP contribution in [0.4, 0.5) is 0 Å². The highest BCUT2D eigenvalue weighted by Crippen LogP contribution is 2.28. The molecule has 0 unspecified atom stereocenters. The minimum Gasteiger partial charge on any atom is -0.355 e. The van der Waals surface area contributed by atoms with Crippen molar-refractivity contribution in [3.63, 3.8) is 0 Å². The highest BCUT2D eigenvalue weighted by Gasteiger charge is 2.34. The summed E-state index contributed by atoms with van der Waals surface area (Å²) >= 11 is 0. The molecule has 0 aliphatic carbocycles. The van der Waals surface area contributed by atoms with Crippen molar-refractivity contribution in [2.45, 2.75) is 38.1 Å². The van der Waals surface area contributed by atoms with Gasteiger partial charge in [-0.15, -0.1) is 0 Å². The van der Waals surface area contributed by atoms with Crippen molar-refractivity contribution >= 4 is 22.6 Å². The smallest absolute Gasteiger partial charge is 0.227 e. The first-order valence-electron chi connectivity index (χ1n) is 9.26. The molecule has 2 atom stereocenters. The maximum Gasteiger partial charge on any atom is 0.227 e. The van der Waals surface area contributed by atoms with Gasteiger partial charge in [-0.1, -0.05) is 42.5 Å². The number of carbonyl (C=O) groups excluding carboxylic acids is 2. The van der Waals surface area contributed by atoms with Crippen LogP contribution >= 0.6 is 0 Å². The molecular formula is C21H24N2O2. The third kappa shape index (κ3) is 3.26. The van der Waals surface area contributed by atoms with E-state index in [1.807, 2.05) is 0 Å². The molecule has 1 N–H and O–H groups in total. The van der Waals surface area contributed by atoms with Crippen LogP contribution in [0.3, 0.4) is 0 Å². The highest BCUT2D eigenvalue weighted by molar-refractivity contribution is 5.86. The number of hydrogen-bond donors (Lipinski definition) is 1. The number of amides is 2. The molecule has 4 nitrogen and oxygen atoms in total. The van der Waals surface area contributed by atoms with Gasteiger partial charge in [-0.3, -0.25) is 9.59 Å². The molecule has 2 amide bonds. The molecule has 2 aliphatic heterocycles. The Hall–Kier alpha value is -2.36. The molecule has 4 rings (SSSR count). The van der Waals surface area contributed by atoms with Gasteiger partial charge in [-0.25, -0.2) is 0 Å². The summed E-state index contributed by atoms with van der Waals surface area (Å²) < 4.78 is 0. The van der Waals surface area contributed by atoms with Gasteiger partial charge < -0.3 is 10.2 Å². The summed E-state index contributed by atoms with van der Waals surface area (Å²) in [6.45, 7) is 1.34. The summed E-state index contributed by atoms with van der Waals surface area (Å²) in [7, 11) is 0. The Labute approximate surface area is 148 Å². The van der Waals surface area contributed by atoms with E-state index in [1.54, 1.807) is 0 Å². The predicted octanol–water partition coefficient (Wildman–Crippen LogP) is 2.90. The zero-order valence-electron chi connectivity index (χ0n) is 14.4. The number of hydrogen-bond acceptors (Lipinski definition) is 2. The molecule has 2 aliphatic rings. The lowest BCUT2D eigenvalue weighted by Crippen LogP contribution is -2.46. The Morgan fingerprint density at radius 2 is 1.96 bits per heavy atom. The molecule has 0 radical (unpaired) electrons. The van der Waals surface area contributed by atoms with E-state index in [9.17, 15) is 9.59 Å². The largest absolute Gasteiger partial charge is 0.355 e. The van der Waals surface area contributed by atoms with E-state index in [0.29, 0.717) is 19.4 Å². The number of likely N-dealkylation sites (tertiary alicyclic amines) is 1. The van der Waals surface area contributed by atoms with E-state index in [0.717, 1.165) is 25.8 Å². The zero-order chi connectivity index (χ0) is 17.2. The average molecular weight is 336 g/mol. The number of fused-ring (bicyclic) bond motifs is 1. The Bertz CT molecular complexity index is 786. The summed E-state index contributed by atoms with van der Waals surface area (Å²) in [4.78, 5) is 26.4. The van der Waals surface area contributed by atoms with E-state index < -0.39 is 0 Å². The molecule has 2 heterocycles. The van der Waals surface area contributed by atoms with Crippen LogP contribution in [-0.4, -0.2) is 35.8 Å². The molecule has 0 bridgehead atoms. The van der Waals surface area contributed by atoms with Crippen LogP contribution in [0.1, 0.15) is 31.2 Å². The van der Waals surface area contributed by atoms with Crippen LogP contribution in [0.25, 0.3) is 10.8 Å². The Kier molecular flexibility index (Phi) is 4.43. The van der Waals surface area contributed by atoms with Gasteiger partial charge >= 0.3 is 0 Å². The Morgan fingerprint density at radius 3 is 2.80 bits per heavy atom. The van der Waals surface area contributed by atoms with Gasteiger partial charge in [0.1, 0.15) is 0 Å². The molecule has 2 aromatic rings. The number of carbonyl (C=O) groups is 2. The first-order chi connectivity index (χ1) is 12.2. The second kappa shape index (κ2) is 6.87. The summed E-state index contributed by atoms with van der Waals surface area (Å²) in [6.07, 6.45) is 4.20. The Morgan fingerprint density at radius 1 is 1.12 bits per heavy atom. The van der Waals surface area contributed by atoms with Gasteiger partial charge in [0.2, 0.25) is 11.8 Å². The minimum absolute atomic E-state index is 0.0502. The van der Waals surface area contributed by atoms with E-state index in [-0.39, 0.29) is 23.8 Å². The molecule has 2 aromatic carbocycles. The van der Waals surface area contributed by atoms with Crippen molar-refractivity contribution in [1.82, 2.24) is 10.2 Å². The second-order valence-electron chi connectivity index (χ2n) is 7.21. The van der Waals surface area contributed by atoms with Crippen molar-refractivity contribution in [2.75, 3.05) is 13.1 Å². The zero-order valence-corrected chi connectivity index (χ0v) is 14.4. The van der Waals surface area contributed by atoms with Gasteiger partial charge in [-0.2, -0.15) is 0 Å². The lowest BCUT2D eigenvalue weighted by Gasteiger charge is -2.31. The molecule has 25 heavy (non-hydrogen) atoms. The predicted molar refractivity (Wildman–Crippen MR) is 98.1 cm³/mol. The molecule has 0 aromatic heterocycles. The first-order valence-corrected chi connectivity index (χ1v) is 9.26. The molecular weight excluding hydrogens is 312 g/mol. The fraction of sp³-hybridized carbons (Fsp3) is 0.429. The number of nitrogens with zero attached hydrogens (tertiary/aromatic N) is 1. The highest BCUT2D eigenvalue weighted by atomic mass is 16.2. The van der Waals surface area contributed by atoms with Gasteiger partial charge in [0, 0.05) is 25.6 Å². The van der Waals surface area contributed by atoms with Gasteiger partial charge in [0.05, 0.1) is 5.92 Å². The van der Waals surface area contributed by atoms with Crippen molar-refractivity contribution in [3.05, 3.63) is 48.0 Å². The maximum absolute atomic E-state index is 12.9. The van der Waals surface area contributed by atoms with Crippen molar-refractivity contribution < 1.29 is 9.59 Å². The Balaban J connectivity index is 1.51. The molecule has 2 saturated heterocycles. The van der Waals surface area contributed by atoms with Crippen LogP contribution < -0.4 is 5.32 Å². The van der Waals surface area contributed by atoms with E-state index >= 15 is 0 Å². The average Bonchev–Trinajstić information content (AvgIpc) is 3.10. The summed E-state index contributed by atoms with van der Waals surface area (Å²) in [5.74, 6) is 0.242. The summed E-state index contributed by atoms with van der Waals surface area (Å²) in [5, 5.41) is 5.38. The van der Waals surface area contributed by atoms with Gasteiger partial charge in [0.25, 0.3) is 0 Å². The lowest BCUT2D eigenvalue weighted by atomic mass is 9.95. The second-order valence-corrected chi connectivity index (χ2v) is 7.21. The monoisotopic (exact) mass is 336 g/mol. The third-order valence-corrected chi connectivity index (χ3v) is 5.61. The molecule has 130 valence electrons. The van der Waals surface area contributed by atoms with Crippen LogP contribution in [0.2, 0.25) is 0 Å². The fourth-order valence-electron chi connectivity index (χ4n) is 4.24. The quantitative estimate of drug-likeness (QED) is 0.937. The maximum atomic E-state index is 12.9. The lowest BCUT2D eigenvalue weighted by molar-refractivity contribution is -0.138. The van der Waals surface area contributed by atoms with Crippen LogP contribution in [0.15, 0.2) is 42.5 Å². The van der Waals surface area contributed by atoms with Crippen molar-refractivity contribution in [2.24, 2.45) is 5.92 Å². The number of nitrogens with one attached hydrogen (secondary N) is 1. The SMILES string of the molecule is O=C1CC[C@H](C(=O)N2CCC[C@H]2Cc2cccc3ccccc23)CN1. The third-order valence-electron chi connectivity index (χ3n) is 5.61. The molecule has 2 fully saturated rings. The molecule has 4 heteroatoms. The van der Waals surface area contributed by atoms with E-state index in [2.05, 4.69) is 52.7 Å². The number of rotatable bonds is 3. The summed E-state index contributed by atoms with van der Waals surface area (Å²) in [5.41, 5.74) is 1.32. The van der Waals surface area contributed by atoms with E-state index in [4.69, 9.17) is 0 Å². The molecule has 0 saturated carbocycles. The van der Waals surface area contributed by atoms with Crippen LogP contribution in [0, 0.1) is 5.92 Å². The standard InChI is InChI=1S/C21H24N2O2/c24-20-11-10-17(14-22-20)21(25)23-12-4-8-18(23)13-16-7-3-6-15-5-1-2-9-19(15)16/h1-3,5-7,9,17-18H,4,8,10-14H2,(H,22,24)/t17-,18-/m0/s1. The van der Waals surface area contributed by atoms with Gasteiger partial charge in [0.15, 0.2) is 0 Å².